The third kappa shape index (κ3) is 14.8. The molecular formula is C18H30O4. The molecule has 0 N–H and O–H groups in total. The van der Waals surface area contributed by atoms with Crippen LogP contribution in [0.1, 0.15) is 77.0 Å². The van der Waals surface area contributed by atoms with E-state index in [1.165, 1.54) is 51.0 Å². The third-order valence-corrected chi connectivity index (χ3v) is 3.44. The average Bonchev–Trinajstić information content (AvgIpc) is 2.49. The van der Waals surface area contributed by atoms with Crippen LogP contribution in [0, 0.1) is 0 Å². The van der Waals surface area contributed by atoms with E-state index < -0.39 is 0 Å². The van der Waals surface area contributed by atoms with E-state index in [0.717, 1.165) is 25.7 Å². The van der Waals surface area contributed by atoms with Gasteiger partial charge in [0.15, 0.2) is 0 Å². The Kier molecular flexibility index (Phi) is 14.7. The van der Waals surface area contributed by atoms with Crippen molar-refractivity contribution in [2.45, 2.75) is 77.0 Å². The zero-order chi connectivity index (χ0) is 16.5. The zero-order valence-corrected chi connectivity index (χ0v) is 13.7. The van der Waals surface area contributed by atoms with Gasteiger partial charge in [-0.3, -0.25) is 9.59 Å². The minimum Gasteiger partial charge on any atom is -0.435 e. The number of ether oxygens (including phenoxy) is 2. The van der Waals surface area contributed by atoms with Gasteiger partial charge in [0.2, 0.25) is 0 Å². The fourth-order valence-corrected chi connectivity index (χ4v) is 2.26. The van der Waals surface area contributed by atoms with Crippen molar-refractivity contribution in [3.63, 3.8) is 0 Å². The van der Waals surface area contributed by atoms with Crippen molar-refractivity contribution in [3.05, 3.63) is 25.7 Å². The number of unbranched alkanes of at least 4 members (excludes halogenated alkanes) is 9. The summed E-state index contributed by atoms with van der Waals surface area (Å²) in [7, 11) is 0. The molecule has 0 heterocycles. The van der Waals surface area contributed by atoms with E-state index in [4.69, 9.17) is 0 Å². The molecule has 0 fully saturated rings. The van der Waals surface area contributed by atoms with Gasteiger partial charge in [0.25, 0.3) is 0 Å². The van der Waals surface area contributed by atoms with Gasteiger partial charge in [-0.2, -0.15) is 0 Å². The van der Waals surface area contributed by atoms with Crippen LogP contribution in [0.2, 0.25) is 0 Å². The van der Waals surface area contributed by atoms with Crippen molar-refractivity contribution in [1.29, 1.82) is 0 Å². The van der Waals surface area contributed by atoms with Crippen LogP contribution in [0.25, 0.3) is 0 Å². The molecule has 0 aromatic heterocycles. The van der Waals surface area contributed by atoms with Crippen molar-refractivity contribution >= 4 is 11.9 Å². The van der Waals surface area contributed by atoms with Gasteiger partial charge in [-0.05, 0) is 12.8 Å². The van der Waals surface area contributed by atoms with E-state index in [1.807, 2.05) is 0 Å². The Morgan fingerprint density at radius 3 is 1.14 bits per heavy atom. The van der Waals surface area contributed by atoms with E-state index in [2.05, 4.69) is 22.6 Å². The summed E-state index contributed by atoms with van der Waals surface area (Å²) in [6.07, 6.45) is 14.6. The quantitative estimate of drug-likeness (QED) is 0.241. The van der Waals surface area contributed by atoms with Gasteiger partial charge >= 0.3 is 11.9 Å². The predicted molar refractivity (Wildman–Crippen MR) is 88.0 cm³/mol. The Labute approximate surface area is 134 Å². The van der Waals surface area contributed by atoms with Gasteiger partial charge in [0.1, 0.15) is 0 Å². The van der Waals surface area contributed by atoms with E-state index in [9.17, 15) is 9.59 Å². The summed E-state index contributed by atoms with van der Waals surface area (Å²) in [4.78, 5) is 22.1. The molecule has 0 spiro atoms. The number of hydrogen-bond acceptors (Lipinski definition) is 4. The molecule has 0 radical (unpaired) electrons. The zero-order valence-electron chi connectivity index (χ0n) is 13.7. The maximum atomic E-state index is 11.1. The SMILES string of the molecule is C=COC(=O)CCCCCCCCCCCCC(=O)OC=C. The van der Waals surface area contributed by atoms with Crippen molar-refractivity contribution in [2.75, 3.05) is 0 Å². The second-order valence-corrected chi connectivity index (χ2v) is 5.35. The molecule has 0 aliphatic carbocycles. The van der Waals surface area contributed by atoms with Gasteiger partial charge in [0, 0.05) is 12.8 Å². The second-order valence-electron chi connectivity index (χ2n) is 5.35. The summed E-state index contributed by atoms with van der Waals surface area (Å²) >= 11 is 0. The normalized spacial score (nSPS) is 10.0. The van der Waals surface area contributed by atoms with Crippen LogP contribution in [0.3, 0.4) is 0 Å². The van der Waals surface area contributed by atoms with Gasteiger partial charge in [0.05, 0.1) is 12.5 Å². The summed E-state index contributed by atoms with van der Waals surface area (Å²) in [5.74, 6) is -0.376. The molecule has 0 aromatic carbocycles. The molecule has 126 valence electrons. The number of esters is 2. The van der Waals surface area contributed by atoms with E-state index in [0.29, 0.717) is 12.8 Å². The van der Waals surface area contributed by atoms with Gasteiger partial charge < -0.3 is 9.47 Å². The van der Waals surface area contributed by atoms with Crippen molar-refractivity contribution in [2.24, 2.45) is 0 Å². The highest BCUT2D eigenvalue weighted by Gasteiger charge is 2.01. The minimum atomic E-state index is -0.188. The summed E-state index contributed by atoms with van der Waals surface area (Å²) in [5.41, 5.74) is 0. The van der Waals surface area contributed by atoms with Crippen molar-refractivity contribution < 1.29 is 19.1 Å². The summed E-state index contributed by atoms with van der Waals surface area (Å²) < 4.78 is 9.31. The first-order chi connectivity index (χ1) is 10.7. The predicted octanol–water partition coefficient (Wildman–Crippen LogP) is 5.04. The minimum absolute atomic E-state index is 0.188. The lowest BCUT2D eigenvalue weighted by molar-refractivity contribution is -0.139. The van der Waals surface area contributed by atoms with E-state index in [-0.39, 0.29) is 11.9 Å². The topological polar surface area (TPSA) is 52.6 Å². The van der Waals surface area contributed by atoms with Crippen LogP contribution in [0.5, 0.6) is 0 Å². The molecule has 0 rings (SSSR count). The molecule has 0 saturated heterocycles. The maximum Gasteiger partial charge on any atom is 0.310 e. The van der Waals surface area contributed by atoms with Crippen LogP contribution >= 0.6 is 0 Å². The Hall–Kier alpha value is -1.58. The number of carbonyl (C=O) groups excluding carboxylic acids is 2. The number of hydrogen-bond donors (Lipinski definition) is 0. The molecule has 22 heavy (non-hydrogen) atoms. The summed E-state index contributed by atoms with van der Waals surface area (Å²) in [6, 6.07) is 0. The van der Waals surface area contributed by atoms with Gasteiger partial charge in [-0.1, -0.05) is 64.5 Å². The van der Waals surface area contributed by atoms with E-state index >= 15 is 0 Å². The van der Waals surface area contributed by atoms with Crippen molar-refractivity contribution in [1.82, 2.24) is 0 Å². The van der Waals surface area contributed by atoms with Crippen LogP contribution in [0.15, 0.2) is 25.7 Å². The lowest BCUT2D eigenvalue weighted by Crippen LogP contribution is -1.98. The molecule has 4 nitrogen and oxygen atoms in total. The lowest BCUT2D eigenvalue weighted by atomic mass is 10.1. The molecule has 0 aliphatic heterocycles. The second kappa shape index (κ2) is 15.8. The molecule has 0 unspecified atom stereocenters. The summed E-state index contributed by atoms with van der Waals surface area (Å²) in [5, 5.41) is 0. The fourth-order valence-electron chi connectivity index (χ4n) is 2.26. The number of rotatable bonds is 15. The smallest absolute Gasteiger partial charge is 0.310 e. The lowest BCUT2D eigenvalue weighted by Gasteiger charge is -2.03. The first-order valence-electron chi connectivity index (χ1n) is 8.31. The Balaban J connectivity index is 3.14. The fraction of sp³-hybridized carbons (Fsp3) is 0.667. The van der Waals surface area contributed by atoms with Crippen LogP contribution in [-0.2, 0) is 19.1 Å². The Bertz CT molecular complexity index is 291. The van der Waals surface area contributed by atoms with Crippen LogP contribution in [-0.4, -0.2) is 11.9 Å². The third-order valence-electron chi connectivity index (χ3n) is 3.44. The first kappa shape index (κ1) is 20.4. The van der Waals surface area contributed by atoms with Crippen LogP contribution < -0.4 is 0 Å². The Morgan fingerprint density at radius 1 is 0.591 bits per heavy atom. The molecule has 0 bridgehead atoms. The highest BCUT2D eigenvalue weighted by Crippen LogP contribution is 2.12. The summed E-state index contributed by atoms with van der Waals surface area (Å²) in [6.45, 7) is 6.70. The Morgan fingerprint density at radius 2 is 0.864 bits per heavy atom. The monoisotopic (exact) mass is 310 g/mol. The maximum absolute atomic E-state index is 11.1. The van der Waals surface area contributed by atoms with Gasteiger partial charge in [-0.25, -0.2) is 0 Å². The standard InChI is InChI=1S/C18H30O4/c1-3-21-17(19)15-13-11-9-7-5-6-8-10-12-14-16-18(20)22-4-2/h3-4H,1-2,5-16H2. The average molecular weight is 310 g/mol. The number of carbonyl (C=O) groups is 2. The van der Waals surface area contributed by atoms with Gasteiger partial charge in [-0.15, -0.1) is 0 Å². The van der Waals surface area contributed by atoms with Crippen molar-refractivity contribution in [3.8, 4) is 0 Å². The molecule has 0 aliphatic rings. The van der Waals surface area contributed by atoms with E-state index in [1.54, 1.807) is 0 Å². The first-order valence-corrected chi connectivity index (χ1v) is 8.31. The molecule has 4 heteroatoms. The molecular weight excluding hydrogens is 280 g/mol. The molecule has 0 saturated carbocycles. The largest absolute Gasteiger partial charge is 0.435 e. The molecule has 0 aromatic rings. The molecule has 0 amide bonds. The highest BCUT2D eigenvalue weighted by molar-refractivity contribution is 5.70. The molecule has 0 atom stereocenters. The highest BCUT2D eigenvalue weighted by atomic mass is 16.5. The van der Waals surface area contributed by atoms with Crippen LogP contribution in [0.4, 0.5) is 0 Å².